The van der Waals surface area contributed by atoms with Gasteiger partial charge in [-0.25, -0.2) is 14.6 Å². The maximum absolute atomic E-state index is 12.4. The van der Waals surface area contributed by atoms with Crippen LogP contribution < -0.4 is 9.47 Å². The lowest BCUT2D eigenvalue weighted by molar-refractivity contribution is -0.142. The number of hydrogen-bond donors (Lipinski definition) is 1. The van der Waals surface area contributed by atoms with Gasteiger partial charge in [-0.15, -0.1) is 0 Å². The molecule has 1 fully saturated rings. The van der Waals surface area contributed by atoms with Crippen LogP contribution in [-0.2, 0) is 9.53 Å². The van der Waals surface area contributed by atoms with Crippen molar-refractivity contribution in [3.8, 4) is 11.8 Å². The second kappa shape index (κ2) is 7.49. The van der Waals surface area contributed by atoms with Crippen LogP contribution >= 0.6 is 0 Å². The second-order valence-electron chi connectivity index (χ2n) is 7.54. The smallest absolute Gasteiger partial charge is 0.411 e. The lowest BCUT2D eigenvalue weighted by Gasteiger charge is -2.26. The van der Waals surface area contributed by atoms with Gasteiger partial charge in [0.25, 0.3) is 0 Å². The maximum Gasteiger partial charge on any atom is 0.411 e. The molecule has 1 N–H and O–H groups in total. The van der Waals surface area contributed by atoms with E-state index in [2.05, 4.69) is 9.97 Å². The Kier molecular flexibility index (Phi) is 5.26. The van der Waals surface area contributed by atoms with Gasteiger partial charge < -0.3 is 19.3 Å². The first kappa shape index (κ1) is 19.7. The van der Waals surface area contributed by atoms with Crippen LogP contribution in [0, 0.1) is 0 Å². The van der Waals surface area contributed by atoms with Crippen molar-refractivity contribution >= 4 is 23.0 Å². The van der Waals surface area contributed by atoms with E-state index in [-0.39, 0.29) is 19.0 Å². The molecule has 1 aromatic carbocycles. The van der Waals surface area contributed by atoms with Crippen LogP contribution in [-0.4, -0.2) is 63.4 Å². The van der Waals surface area contributed by atoms with E-state index < -0.39 is 29.8 Å². The fraction of sp³-hybridized carbons (Fsp3) is 0.474. The number of carboxylic acids is 1. The molecule has 0 unspecified atom stereocenters. The van der Waals surface area contributed by atoms with Crippen molar-refractivity contribution in [1.82, 2.24) is 14.9 Å². The zero-order chi connectivity index (χ0) is 20.5. The number of carboxylic acid groups (broad SMARTS) is 1. The van der Waals surface area contributed by atoms with Crippen LogP contribution in [0.3, 0.4) is 0 Å². The summed E-state index contributed by atoms with van der Waals surface area (Å²) in [6.45, 7) is 5.25. The van der Waals surface area contributed by atoms with Crippen LogP contribution in [0.2, 0.25) is 0 Å². The van der Waals surface area contributed by atoms with E-state index in [1.165, 1.54) is 4.90 Å². The summed E-state index contributed by atoms with van der Waals surface area (Å²) in [7, 11) is 1.57. The third kappa shape index (κ3) is 4.41. The fourth-order valence-electron chi connectivity index (χ4n) is 2.96. The van der Waals surface area contributed by atoms with E-state index in [0.717, 1.165) is 5.39 Å². The normalized spacial score (nSPS) is 19.5. The number of aromatic nitrogens is 2. The molecule has 28 heavy (non-hydrogen) atoms. The largest absolute Gasteiger partial charge is 0.497 e. The summed E-state index contributed by atoms with van der Waals surface area (Å²) < 4.78 is 16.3. The minimum absolute atomic E-state index is 0.0748. The zero-order valence-electron chi connectivity index (χ0n) is 16.2. The SMILES string of the molecule is COc1ccc2cnc(O[C@@H]3C[C@@H](C(=O)O)N(C(=O)OC(C)(C)C)C3)nc2c1. The Morgan fingerprint density at radius 1 is 1.29 bits per heavy atom. The van der Waals surface area contributed by atoms with E-state index in [0.29, 0.717) is 11.3 Å². The Balaban J connectivity index is 1.76. The topological polar surface area (TPSA) is 111 Å². The molecular formula is C19H23N3O6. The van der Waals surface area contributed by atoms with E-state index >= 15 is 0 Å². The average molecular weight is 389 g/mol. The number of nitrogens with zero attached hydrogens (tertiary/aromatic N) is 3. The number of aliphatic carboxylic acids is 1. The van der Waals surface area contributed by atoms with E-state index in [9.17, 15) is 14.7 Å². The highest BCUT2D eigenvalue weighted by Gasteiger charge is 2.43. The summed E-state index contributed by atoms with van der Waals surface area (Å²) in [4.78, 5) is 33.6. The molecule has 0 spiro atoms. The summed E-state index contributed by atoms with van der Waals surface area (Å²) in [5, 5.41) is 10.3. The Morgan fingerprint density at radius 2 is 2.04 bits per heavy atom. The Hall–Kier alpha value is -3.10. The number of carbonyl (C=O) groups excluding carboxylic acids is 1. The van der Waals surface area contributed by atoms with Crippen LogP contribution in [0.5, 0.6) is 11.8 Å². The summed E-state index contributed by atoms with van der Waals surface area (Å²) in [6, 6.07) is 4.48. The zero-order valence-corrected chi connectivity index (χ0v) is 16.2. The number of likely N-dealkylation sites (tertiary alicyclic amines) is 1. The molecule has 0 bridgehead atoms. The maximum atomic E-state index is 12.4. The first-order valence-corrected chi connectivity index (χ1v) is 8.86. The molecule has 9 nitrogen and oxygen atoms in total. The van der Waals surface area contributed by atoms with Gasteiger partial charge in [0.15, 0.2) is 0 Å². The minimum atomic E-state index is -1.11. The van der Waals surface area contributed by atoms with Gasteiger partial charge in [0.1, 0.15) is 23.5 Å². The molecule has 0 aliphatic carbocycles. The average Bonchev–Trinajstić information content (AvgIpc) is 3.04. The quantitative estimate of drug-likeness (QED) is 0.849. The van der Waals surface area contributed by atoms with Crippen molar-refractivity contribution in [3.05, 3.63) is 24.4 Å². The molecule has 3 rings (SSSR count). The molecule has 2 atom stereocenters. The first-order valence-electron chi connectivity index (χ1n) is 8.86. The van der Waals surface area contributed by atoms with Crippen molar-refractivity contribution in [2.45, 2.75) is 44.9 Å². The molecular weight excluding hydrogens is 366 g/mol. The molecule has 1 aliphatic heterocycles. The molecule has 1 saturated heterocycles. The molecule has 150 valence electrons. The molecule has 1 aliphatic rings. The predicted molar refractivity (Wildman–Crippen MR) is 99.5 cm³/mol. The number of rotatable bonds is 4. The number of methoxy groups -OCH3 is 1. The van der Waals surface area contributed by atoms with Crippen LogP contribution in [0.1, 0.15) is 27.2 Å². The Labute approximate surface area is 162 Å². The van der Waals surface area contributed by atoms with Crippen LogP contribution in [0.15, 0.2) is 24.4 Å². The summed E-state index contributed by atoms with van der Waals surface area (Å²) >= 11 is 0. The van der Waals surface area contributed by atoms with E-state index in [1.54, 1.807) is 46.2 Å². The second-order valence-corrected chi connectivity index (χ2v) is 7.54. The van der Waals surface area contributed by atoms with Gasteiger partial charge in [0, 0.05) is 24.1 Å². The first-order chi connectivity index (χ1) is 13.2. The summed E-state index contributed by atoms with van der Waals surface area (Å²) in [5.41, 5.74) is -0.0827. The van der Waals surface area contributed by atoms with Gasteiger partial charge in [0.05, 0.1) is 19.2 Å². The lowest BCUT2D eigenvalue weighted by Crippen LogP contribution is -2.43. The van der Waals surface area contributed by atoms with Gasteiger partial charge >= 0.3 is 18.1 Å². The van der Waals surface area contributed by atoms with Gasteiger partial charge in [-0.05, 0) is 32.9 Å². The van der Waals surface area contributed by atoms with Gasteiger partial charge in [-0.3, -0.25) is 4.90 Å². The number of ether oxygens (including phenoxy) is 3. The Bertz CT molecular complexity index is 895. The van der Waals surface area contributed by atoms with Crippen molar-refractivity contribution in [3.63, 3.8) is 0 Å². The van der Waals surface area contributed by atoms with Crippen molar-refractivity contribution in [2.24, 2.45) is 0 Å². The van der Waals surface area contributed by atoms with Gasteiger partial charge in [-0.2, -0.15) is 4.98 Å². The molecule has 1 amide bonds. The Morgan fingerprint density at radius 3 is 2.68 bits per heavy atom. The standard InChI is InChI=1S/C19H23N3O6/c1-19(2,3)28-18(25)22-10-13(8-15(22)16(23)24)27-17-20-9-11-5-6-12(26-4)7-14(11)21-17/h5-7,9,13,15H,8,10H2,1-4H3,(H,23,24)/t13-,15+/m1/s1. The number of carbonyl (C=O) groups is 2. The van der Waals surface area contributed by atoms with Crippen LogP contribution in [0.4, 0.5) is 4.79 Å². The summed E-state index contributed by atoms with van der Waals surface area (Å²) in [5.74, 6) is -0.457. The fourth-order valence-corrected chi connectivity index (χ4v) is 2.96. The molecule has 1 aromatic heterocycles. The number of amides is 1. The predicted octanol–water partition coefficient (Wildman–Crippen LogP) is 2.48. The molecule has 0 radical (unpaired) electrons. The number of hydrogen-bond acceptors (Lipinski definition) is 7. The highest BCUT2D eigenvalue weighted by molar-refractivity contribution is 5.81. The molecule has 9 heteroatoms. The molecule has 2 heterocycles. The highest BCUT2D eigenvalue weighted by atomic mass is 16.6. The third-order valence-corrected chi connectivity index (χ3v) is 4.22. The molecule has 2 aromatic rings. The summed E-state index contributed by atoms with van der Waals surface area (Å²) in [6.07, 6.45) is 0.493. The van der Waals surface area contributed by atoms with Crippen molar-refractivity contribution < 1.29 is 28.9 Å². The highest BCUT2D eigenvalue weighted by Crippen LogP contribution is 2.25. The van der Waals surface area contributed by atoms with Crippen molar-refractivity contribution in [2.75, 3.05) is 13.7 Å². The van der Waals surface area contributed by atoms with E-state index in [4.69, 9.17) is 14.2 Å². The monoisotopic (exact) mass is 389 g/mol. The van der Waals surface area contributed by atoms with Crippen LogP contribution in [0.25, 0.3) is 10.9 Å². The molecule has 0 saturated carbocycles. The van der Waals surface area contributed by atoms with Gasteiger partial charge in [0.2, 0.25) is 0 Å². The lowest BCUT2D eigenvalue weighted by atomic mass is 10.2. The van der Waals surface area contributed by atoms with Crippen molar-refractivity contribution in [1.29, 1.82) is 0 Å². The third-order valence-electron chi connectivity index (χ3n) is 4.22. The number of fused-ring (bicyclic) bond motifs is 1. The van der Waals surface area contributed by atoms with E-state index in [1.807, 2.05) is 6.07 Å². The van der Waals surface area contributed by atoms with Gasteiger partial charge in [-0.1, -0.05) is 0 Å². The number of benzene rings is 1. The minimum Gasteiger partial charge on any atom is -0.497 e.